The number of para-hydroxylation sites is 1. The fourth-order valence-electron chi connectivity index (χ4n) is 3.12. The summed E-state index contributed by atoms with van der Waals surface area (Å²) in [5, 5.41) is 3.73. The highest BCUT2D eigenvalue weighted by Gasteiger charge is 2.17. The molecule has 0 bridgehead atoms. The molecule has 0 aromatic heterocycles. The minimum atomic E-state index is 0.723. The summed E-state index contributed by atoms with van der Waals surface area (Å²) < 4.78 is 0. The number of benzene rings is 1. The maximum absolute atomic E-state index is 3.73. The van der Waals surface area contributed by atoms with Crippen molar-refractivity contribution in [3.05, 3.63) is 29.8 Å². The van der Waals surface area contributed by atoms with Crippen LogP contribution >= 0.6 is 0 Å². The molecule has 0 amide bonds. The first-order chi connectivity index (χ1) is 9.85. The van der Waals surface area contributed by atoms with Crippen molar-refractivity contribution in [1.82, 2.24) is 5.32 Å². The molecule has 0 radical (unpaired) electrons. The molecule has 0 spiro atoms. The number of anilines is 1. The Balaban J connectivity index is 1.67. The van der Waals surface area contributed by atoms with Gasteiger partial charge in [0.1, 0.15) is 0 Å². The second-order valence-electron chi connectivity index (χ2n) is 5.92. The van der Waals surface area contributed by atoms with Gasteiger partial charge in [-0.15, -0.1) is 0 Å². The normalized spacial score (nSPS) is 15.4. The Morgan fingerprint density at radius 3 is 2.85 bits per heavy atom. The van der Waals surface area contributed by atoms with Crippen LogP contribution in [-0.2, 0) is 6.42 Å². The maximum atomic E-state index is 3.73. The van der Waals surface area contributed by atoms with Crippen molar-refractivity contribution in [2.75, 3.05) is 24.5 Å². The summed E-state index contributed by atoms with van der Waals surface area (Å²) in [7, 11) is 0. The summed E-state index contributed by atoms with van der Waals surface area (Å²) in [6.07, 6.45) is 7.72. The van der Waals surface area contributed by atoms with Gasteiger partial charge in [0.2, 0.25) is 0 Å². The fraction of sp³-hybridized carbons (Fsp3) is 0.667. The van der Waals surface area contributed by atoms with Crippen LogP contribution in [0, 0.1) is 0 Å². The van der Waals surface area contributed by atoms with Gasteiger partial charge in [-0.2, -0.15) is 0 Å². The zero-order valence-corrected chi connectivity index (χ0v) is 13.2. The topological polar surface area (TPSA) is 15.3 Å². The van der Waals surface area contributed by atoms with Gasteiger partial charge in [-0.25, -0.2) is 0 Å². The summed E-state index contributed by atoms with van der Waals surface area (Å²) in [6.45, 7) is 8.11. The molecule has 2 nitrogen and oxygen atoms in total. The molecule has 1 aliphatic heterocycles. The molecular weight excluding hydrogens is 244 g/mol. The van der Waals surface area contributed by atoms with Crippen molar-refractivity contribution >= 4 is 5.69 Å². The van der Waals surface area contributed by atoms with E-state index >= 15 is 0 Å². The molecule has 1 aromatic rings. The zero-order chi connectivity index (χ0) is 14.2. The van der Waals surface area contributed by atoms with E-state index in [4.69, 9.17) is 0 Å². The minimum absolute atomic E-state index is 0.723. The van der Waals surface area contributed by atoms with Crippen LogP contribution < -0.4 is 10.2 Å². The van der Waals surface area contributed by atoms with Gasteiger partial charge in [0.25, 0.3) is 0 Å². The van der Waals surface area contributed by atoms with Crippen LogP contribution in [0.5, 0.6) is 0 Å². The van der Waals surface area contributed by atoms with Crippen molar-refractivity contribution in [2.24, 2.45) is 0 Å². The third-order valence-electron chi connectivity index (χ3n) is 4.42. The number of hydrogen-bond acceptors (Lipinski definition) is 2. The second-order valence-corrected chi connectivity index (χ2v) is 5.92. The first-order valence-electron chi connectivity index (χ1n) is 8.41. The molecule has 2 rings (SSSR count). The first-order valence-corrected chi connectivity index (χ1v) is 8.41. The molecule has 0 saturated heterocycles. The standard InChI is InChI=1S/C18H30N2/c1-3-5-10-17(4-2)19-13-8-14-20-15-12-16-9-6-7-11-18(16)20/h6-7,9,11,17,19H,3-5,8,10,12-15H2,1-2H3. The molecule has 0 fully saturated rings. The average molecular weight is 274 g/mol. The zero-order valence-electron chi connectivity index (χ0n) is 13.2. The monoisotopic (exact) mass is 274 g/mol. The lowest BCUT2D eigenvalue weighted by Gasteiger charge is -2.21. The molecule has 2 heteroatoms. The molecule has 0 saturated carbocycles. The molecular formula is C18H30N2. The summed E-state index contributed by atoms with van der Waals surface area (Å²) in [6, 6.07) is 9.58. The molecule has 1 unspecified atom stereocenters. The van der Waals surface area contributed by atoms with Crippen LogP contribution in [0.4, 0.5) is 5.69 Å². The van der Waals surface area contributed by atoms with Crippen molar-refractivity contribution in [2.45, 2.75) is 58.4 Å². The lowest BCUT2D eigenvalue weighted by atomic mass is 10.1. The number of rotatable bonds is 9. The van der Waals surface area contributed by atoms with Crippen molar-refractivity contribution < 1.29 is 0 Å². The Kier molecular flexibility index (Phi) is 6.38. The first kappa shape index (κ1) is 15.4. The lowest BCUT2D eigenvalue weighted by Crippen LogP contribution is -2.32. The summed E-state index contributed by atoms with van der Waals surface area (Å²) in [5.74, 6) is 0. The highest BCUT2D eigenvalue weighted by molar-refractivity contribution is 5.57. The predicted molar refractivity (Wildman–Crippen MR) is 88.6 cm³/mol. The second kappa shape index (κ2) is 8.31. The molecule has 1 atom stereocenters. The van der Waals surface area contributed by atoms with Crippen LogP contribution in [0.1, 0.15) is 51.5 Å². The Labute approximate surface area is 124 Å². The van der Waals surface area contributed by atoms with Gasteiger partial charge < -0.3 is 10.2 Å². The number of unbranched alkanes of at least 4 members (excludes halogenated alkanes) is 1. The van der Waals surface area contributed by atoms with Gasteiger partial charge in [-0.1, -0.05) is 44.9 Å². The highest BCUT2D eigenvalue weighted by Crippen LogP contribution is 2.27. The summed E-state index contributed by atoms with van der Waals surface area (Å²) in [4.78, 5) is 2.55. The van der Waals surface area contributed by atoms with Gasteiger partial charge >= 0.3 is 0 Å². The maximum Gasteiger partial charge on any atom is 0.0399 e. The van der Waals surface area contributed by atoms with Crippen molar-refractivity contribution in [3.8, 4) is 0 Å². The van der Waals surface area contributed by atoms with Crippen molar-refractivity contribution in [3.63, 3.8) is 0 Å². The van der Waals surface area contributed by atoms with Gasteiger partial charge in [0, 0.05) is 24.8 Å². The lowest BCUT2D eigenvalue weighted by molar-refractivity contribution is 0.449. The summed E-state index contributed by atoms with van der Waals surface area (Å²) in [5.41, 5.74) is 2.99. The van der Waals surface area contributed by atoms with E-state index in [9.17, 15) is 0 Å². The van der Waals surface area contributed by atoms with Gasteiger partial charge in [-0.3, -0.25) is 0 Å². The van der Waals surface area contributed by atoms with Gasteiger partial charge in [0.15, 0.2) is 0 Å². The van der Waals surface area contributed by atoms with Gasteiger partial charge in [-0.05, 0) is 43.9 Å². The molecule has 1 aliphatic rings. The van der Waals surface area contributed by atoms with Crippen LogP contribution in [-0.4, -0.2) is 25.7 Å². The van der Waals surface area contributed by atoms with Crippen LogP contribution in [0.3, 0.4) is 0 Å². The van der Waals surface area contributed by atoms with E-state index in [1.165, 1.54) is 62.9 Å². The van der Waals surface area contributed by atoms with Gasteiger partial charge in [0.05, 0.1) is 0 Å². The minimum Gasteiger partial charge on any atom is -0.371 e. The molecule has 0 aliphatic carbocycles. The largest absolute Gasteiger partial charge is 0.371 e. The van der Waals surface area contributed by atoms with E-state index in [0.29, 0.717) is 0 Å². The number of hydrogen-bond donors (Lipinski definition) is 1. The number of nitrogens with zero attached hydrogens (tertiary/aromatic N) is 1. The fourth-order valence-corrected chi connectivity index (χ4v) is 3.12. The van der Waals surface area contributed by atoms with E-state index in [0.717, 1.165) is 12.6 Å². The molecule has 112 valence electrons. The van der Waals surface area contributed by atoms with Crippen LogP contribution in [0.15, 0.2) is 24.3 Å². The van der Waals surface area contributed by atoms with E-state index in [2.05, 4.69) is 48.3 Å². The SMILES string of the molecule is CCCCC(CC)NCCCN1CCc2ccccc21. The number of fused-ring (bicyclic) bond motifs is 1. The molecule has 20 heavy (non-hydrogen) atoms. The Bertz CT molecular complexity index is 389. The molecule has 1 aromatic carbocycles. The van der Waals surface area contributed by atoms with E-state index < -0.39 is 0 Å². The van der Waals surface area contributed by atoms with Crippen LogP contribution in [0.2, 0.25) is 0 Å². The Hall–Kier alpha value is -1.02. The quantitative estimate of drug-likeness (QED) is 0.685. The molecule has 1 heterocycles. The van der Waals surface area contributed by atoms with Crippen molar-refractivity contribution in [1.29, 1.82) is 0 Å². The molecule has 1 N–H and O–H groups in total. The third-order valence-corrected chi connectivity index (χ3v) is 4.42. The van der Waals surface area contributed by atoms with Crippen LogP contribution in [0.25, 0.3) is 0 Å². The van der Waals surface area contributed by atoms with E-state index in [1.54, 1.807) is 0 Å². The predicted octanol–water partition coefficient (Wildman–Crippen LogP) is 4.00. The highest BCUT2D eigenvalue weighted by atomic mass is 15.1. The third kappa shape index (κ3) is 4.24. The van der Waals surface area contributed by atoms with E-state index in [-0.39, 0.29) is 0 Å². The van der Waals surface area contributed by atoms with E-state index in [1.807, 2.05) is 0 Å². The Morgan fingerprint density at radius 2 is 2.05 bits per heavy atom. The smallest absolute Gasteiger partial charge is 0.0399 e. The Morgan fingerprint density at radius 1 is 1.20 bits per heavy atom. The number of nitrogens with one attached hydrogen (secondary N) is 1. The summed E-state index contributed by atoms with van der Waals surface area (Å²) >= 11 is 0. The average Bonchev–Trinajstić information content (AvgIpc) is 2.90.